The lowest BCUT2D eigenvalue weighted by Crippen LogP contribution is -2.24. The number of benzene rings is 2. The molecule has 0 saturated heterocycles. The maximum atomic E-state index is 10.3. The van der Waals surface area contributed by atoms with E-state index in [1.54, 1.807) is 6.92 Å². The summed E-state index contributed by atoms with van der Waals surface area (Å²) < 4.78 is 6.75. The van der Waals surface area contributed by atoms with Crippen LogP contribution < -0.4 is 10.5 Å². The van der Waals surface area contributed by atoms with E-state index in [1.807, 2.05) is 48.5 Å². The number of hydrogen-bond acceptors (Lipinski definition) is 3. The Kier molecular flexibility index (Phi) is 4.81. The average molecular weight is 336 g/mol. The van der Waals surface area contributed by atoms with Crippen molar-refractivity contribution >= 4 is 15.9 Å². The summed E-state index contributed by atoms with van der Waals surface area (Å²) in [6.45, 7) is 2.22. The van der Waals surface area contributed by atoms with Crippen molar-refractivity contribution in [1.29, 1.82) is 0 Å². The van der Waals surface area contributed by atoms with E-state index in [-0.39, 0.29) is 0 Å². The molecule has 106 valence electrons. The van der Waals surface area contributed by atoms with E-state index in [4.69, 9.17) is 10.5 Å². The molecule has 0 radical (unpaired) electrons. The molecule has 0 heterocycles. The van der Waals surface area contributed by atoms with Gasteiger partial charge in [0.05, 0.1) is 5.60 Å². The van der Waals surface area contributed by atoms with E-state index in [1.165, 1.54) is 0 Å². The molecular weight excluding hydrogens is 318 g/mol. The fourth-order valence-corrected chi connectivity index (χ4v) is 2.21. The third-order valence-corrected chi connectivity index (χ3v) is 3.69. The lowest BCUT2D eigenvalue weighted by molar-refractivity contribution is 0.0504. The summed E-state index contributed by atoms with van der Waals surface area (Å²) in [6.07, 6.45) is 0.528. The second kappa shape index (κ2) is 6.39. The van der Waals surface area contributed by atoms with Gasteiger partial charge in [-0.15, -0.1) is 0 Å². The van der Waals surface area contributed by atoms with Crippen LogP contribution in [0.1, 0.15) is 18.9 Å². The van der Waals surface area contributed by atoms with Crippen molar-refractivity contribution in [2.24, 2.45) is 5.73 Å². The van der Waals surface area contributed by atoms with Crippen LogP contribution in [-0.2, 0) is 5.60 Å². The van der Waals surface area contributed by atoms with E-state index >= 15 is 0 Å². The zero-order valence-corrected chi connectivity index (χ0v) is 12.9. The first kappa shape index (κ1) is 15.0. The molecule has 0 amide bonds. The Morgan fingerprint density at radius 1 is 1.05 bits per heavy atom. The molecule has 0 aliphatic rings. The van der Waals surface area contributed by atoms with Crippen LogP contribution in [0, 0.1) is 0 Å². The van der Waals surface area contributed by atoms with Crippen molar-refractivity contribution in [2.45, 2.75) is 18.9 Å². The summed E-state index contributed by atoms with van der Waals surface area (Å²) in [4.78, 5) is 0. The summed E-state index contributed by atoms with van der Waals surface area (Å²) in [5.41, 5.74) is 5.45. The molecule has 4 heteroatoms. The quantitative estimate of drug-likeness (QED) is 0.873. The van der Waals surface area contributed by atoms with Gasteiger partial charge < -0.3 is 15.6 Å². The molecule has 3 nitrogen and oxygen atoms in total. The fraction of sp³-hybridized carbons (Fsp3) is 0.250. The normalized spacial score (nSPS) is 13.8. The molecule has 1 unspecified atom stereocenters. The second-order valence-electron chi connectivity index (χ2n) is 4.89. The van der Waals surface area contributed by atoms with Crippen LogP contribution in [-0.4, -0.2) is 11.7 Å². The Labute approximate surface area is 127 Å². The van der Waals surface area contributed by atoms with Gasteiger partial charge >= 0.3 is 0 Å². The number of ether oxygens (including phenoxy) is 1. The third kappa shape index (κ3) is 3.82. The summed E-state index contributed by atoms with van der Waals surface area (Å²) in [5, 5.41) is 10.3. The largest absolute Gasteiger partial charge is 0.457 e. The zero-order valence-electron chi connectivity index (χ0n) is 11.3. The SMILES string of the molecule is CC(O)(CCN)c1ccc(Oc2ccc(Br)cc2)cc1. The number of rotatable bonds is 5. The Morgan fingerprint density at radius 3 is 2.05 bits per heavy atom. The van der Waals surface area contributed by atoms with E-state index < -0.39 is 5.60 Å². The predicted molar refractivity (Wildman–Crippen MR) is 83.9 cm³/mol. The van der Waals surface area contributed by atoms with Crippen LogP contribution in [0.4, 0.5) is 0 Å². The smallest absolute Gasteiger partial charge is 0.127 e. The molecule has 2 aromatic rings. The number of halogens is 1. The average Bonchev–Trinajstić information content (AvgIpc) is 2.42. The van der Waals surface area contributed by atoms with Gasteiger partial charge in [0, 0.05) is 4.47 Å². The molecule has 0 aromatic heterocycles. The molecule has 0 bridgehead atoms. The first-order valence-corrected chi connectivity index (χ1v) is 7.27. The summed E-state index contributed by atoms with van der Waals surface area (Å²) in [5.74, 6) is 1.51. The fourth-order valence-electron chi connectivity index (χ4n) is 1.95. The van der Waals surface area contributed by atoms with Gasteiger partial charge in [0.2, 0.25) is 0 Å². The molecule has 2 aromatic carbocycles. The second-order valence-corrected chi connectivity index (χ2v) is 5.81. The highest BCUT2D eigenvalue weighted by Gasteiger charge is 2.21. The van der Waals surface area contributed by atoms with Crippen LogP contribution >= 0.6 is 15.9 Å². The van der Waals surface area contributed by atoms with Gasteiger partial charge in [-0.1, -0.05) is 28.1 Å². The van der Waals surface area contributed by atoms with Gasteiger partial charge in [-0.3, -0.25) is 0 Å². The monoisotopic (exact) mass is 335 g/mol. The minimum absolute atomic E-state index is 0.449. The van der Waals surface area contributed by atoms with E-state index in [0.29, 0.717) is 13.0 Å². The zero-order chi connectivity index (χ0) is 14.6. The molecule has 0 spiro atoms. The van der Waals surface area contributed by atoms with E-state index in [2.05, 4.69) is 15.9 Å². The highest BCUT2D eigenvalue weighted by Crippen LogP contribution is 2.28. The van der Waals surface area contributed by atoms with Crippen LogP contribution in [0.3, 0.4) is 0 Å². The van der Waals surface area contributed by atoms with E-state index in [9.17, 15) is 5.11 Å². The van der Waals surface area contributed by atoms with Gasteiger partial charge in [0.25, 0.3) is 0 Å². The van der Waals surface area contributed by atoms with Crippen molar-refractivity contribution in [3.63, 3.8) is 0 Å². The maximum absolute atomic E-state index is 10.3. The van der Waals surface area contributed by atoms with Crippen molar-refractivity contribution in [3.05, 3.63) is 58.6 Å². The molecule has 2 rings (SSSR count). The topological polar surface area (TPSA) is 55.5 Å². The predicted octanol–water partition coefficient (Wildman–Crippen LogP) is 3.80. The molecular formula is C16H18BrNO2. The lowest BCUT2D eigenvalue weighted by atomic mass is 9.93. The van der Waals surface area contributed by atoms with Gasteiger partial charge in [-0.05, 0) is 61.9 Å². The molecule has 20 heavy (non-hydrogen) atoms. The van der Waals surface area contributed by atoms with Gasteiger partial charge in [-0.25, -0.2) is 0 Å². The van der Waals surface area contributed by atoms with E-state index in [0.717, 1.165) is 21.5 Å². The Morgan fingerprint density at radius 2 is 1.55 bits per heavy atom. The first-order chi connectivity index (χ1) is 9.51. The van der Waals surface area contributed by atoms with Gasteiger partial charge in [0.15, 0.2) is 0 Å². The Balaban J connectivity index is 2.10. The van der Waals surface area contributed by atoms with Gasteiger partial charge in [-0.2, -0.15) is 0 Å². The standard InChI is InChI=1S/C16H18BrNO2/c1-16(19,10-11-18)12-2-6-14(7-3-12)20-15-8-4-13(17)5-9-15/h2-9,19H,10-11,18H2,1H3. The maximum Gasteiger partial charge on any atom is 0.127 e. The summed E-state index contributed by atoms with van der Waals surface area (Å²) in [6, 6.07) is 15.1. The highest BCUT2D eigenvalue weighted by atomic mass is 79.9. The number of nitrogens with two attached hydrogens (primary N) is 1. The summed E-state index contributed by atoms with van der Waals surface area (Å²) in [7, 11) is 0. The third-order valence-electron chi connectivity index (χ3n) is 3.16. The van der Waals surface area contributed by atoms with Crippen LogP contribution in [0.2, 0.25) is 0 Å². The highest BCUT2D eigenvalue weighted by molar-refractivity contribution is 9.10. The van der Waals surface area contributed by atoms with Crippen LogP contribution in [0.15, 0.2) is 53.0 Å². The Hall–Kier alpha value is -1.36. The van der Waals surface area contributed by atoms with Gasteiger partial charge in [0.1, 0.15) is 11.5 Å². The molecule has 3 N–H and O–H groups in total. The van der Waals surface area contributed by atoms with Crippen molar-refractivity contribution in [2.75, 3.05) is 6.54 Å². The summed E-state index contributed by atoms with van der Waals surface area (Å²) >= 11 is 3.38. The van der Waals surface area contributed by atoms with Crippen molar-refractivity contribution in [3.8, 4) is 11.5 Å². The molecule has 0 aliphatic heterocycles. The number of aliphatic hydroxyl groups is 1. The molecule has 0 saturated carbocycles. The molecule has 0 aliphatic carbocycles. The minimum Gasteiger partial charge on any atom is -0.457 e. The first-order valence-electron chi connectivity index (χ1n) is 6.48. The van der Waals surface area contributed by atoms with Crippen LogP contribution in [0.25, 0.3) is 0 Å². The Bertz CT molecular complexity index is 550. The lowest BCUT2D eigenvalue weighted by Gasteiger charge is -2.23. The minimum atomic E-state index is -0.898. The van der Waals surface area contributed by atoms with Crippen molar-refractivity contribution in [1.82, 2.24) is 0 Å². The molecule has 0 fully saturated rings. The van der Waals surface area contributed by atoms with Crippen LogP contribution in [0.5, 0.6) is 11.5 Å². The van der Waals surface area contributed by atoms with Crippen molar-refractivity contribution < 1.29 is 9.84 Å². The molecule has 1 atom stereocenters. The number of hydrogen-bond donors (Lipinski definition) is 2.